The standard InChI is InChI=1S/C13H21N3S/c1-3-14-11-6-4-7-12(16-11)15-10-13(2)8-5-9-17-13/h4,6-7H,3,5,8-10H2,1-2H3,(H2,14,15,16). The van der Waals surface area contributed by atoms with E-state index in [1.54, 1.807) is 0 Å². The van der Waals surface area contributed by atoms with Crippen molar-refractivity contribution in [3.8, 4) is 0 Å². The third-order valence-corrected chi connectivity index (χ3v) is 4.59. The first-order valence-corrected chi connectivity index (χ1v) is 7.29. The van der Waals surface area contributed by atoms with Crippen LogP contribution in [0.3, 0.4) is 0 Å². The summed E-state index contributed by atoms with van der Waals surface area (Å²) in [5, 5.41) is 6.68. The van der Waals surface area contributed by atoms with Crippen LogP contribution in [0, 0.1) is 0 Å². The van der Waals surface area contributed by atoms with E-state index >= 15 is 0 Å². The highest BCUT2D eigenvalue weighted by atomic mass is 32.2. The van der Waals surface area contributed by atoms with Crippen LogP contribution in [-0.2, 0) is 0 Å². The number of nitrogens with one attached hydrogen (secondary N) is 2. The molecule has 94 valence electrons. The summed E-state index contributed by atoms with van der Waals surface area (Å²) in [6.45, 7) is 6.33. The summed E-state index contributed by atoms with van der Waals surface area (Å²) in [6, 6.07) is 6.07. The number of hydrogen-bond acceptors (Lipinski definition) is 4. The minimum atomic E-state index is 0.385. The number of hydrogen-bond donors (Lipinski definition) is 2. The molecule has 0 aromatic carbocycles. The highest BCUT2D eigenvalue weighted by molar-refractivity contribution is 8.00. The van der Waals surface area contributed by atoms with Gasteiger partial charge in [-0.25, -0.2) is 4.98 Å². The molecule has 1 aromatic heterocycles. The molecule has 2 N–H and O–H groups in total. The van der Waals surface area contributed by atoms with Gasteiger partial charge in [0.2, 0.25) is 0 Å². The van der Waals surface area contributed by atoms with E-state index < -0.39 is 0 Å². The van der Waals surface area contributed by atoms with Crippen molar-refractivity contribution in [3.05, 3.63) is 18.2 Å². The van der Waals surface area contributed by atoms with Gasteiger partial charge in [0.1, 0.15) is 11.6 Å². The predicted octanol–water partition coefficient (Wildman–Crippen LogP) is 3.21. The number of thioether (sulfide) groups is 1. The van der Waals surface area contributed by atoms with E-state index in [1.165, 1.54) is 18.6 Å². The third-order valence-electron chi connectivity index (χ3n) is 3.05. The maximum Gasteiger partial charge on any atom is 0.128 e. The first-order chi connectivity index (χ1) is 8.22. The van der Waals surface area contributed by atoms with Crippen molar-refractivity contribution in [2.45, 2.75) is 31.4 Å². The maximum atomic E-state index is 4.52. The van der Waals surface area contributed by atoms with Crippen molar-refractivity contribution < 1.29 is 0 Å². The number of pyridine rings is 1. The minimum Gasteiger partial charge on any atom is -0.370 e. The molecule has 2 heterocycles. The summed E-state index contributed by atoms with van der Waals surface area (Å²) in [6.07, 6.45) is 2.64. The van der Waals surface area contributed by atoms with Gasteiger partial charge in [-0.3, -0.25) is 0 Å². The average molecular weight is 251 g/mol. The molecule has 1 unspecified atom stereocenters. The molecule has 0 amide bonds. The van der Waals surface area contributed by atoms with E-state index in [2.05, 4.69) is 41.2 Å². The molecule has 0 saturated carbocycles. The van der Waals surface area contributed by atoms with Crippen LogP contribution in [0.5, 0.6) is 0 Å². The lowest BCUT2D eigenvalue weighted by Gasteiger charge is -2.23. The van der Waals surface area contributed by atoms with E-state index in [-0.39, 0.29) is 0 Å². The normalized spacial score (nSPS) is 23.6. The van der Waals surface area contributed by atoms with Gasteiger partial charge in [0.05, 0.1) is 0 Å². The Morgan fingerprint density at radius 2 is 2.12 bits per heavy atom. The zero-order valence-electron chi connectivity index (χ0n) is 10.6. The Hall–Kier alpha value is -0.900. The summed E-state index contributed by atoms with van der Waals surface area (Å²) < 4.78 is 0.385. The van der Waals surface area contributed by atoms with E-state index in [0.717, 1.165) is 24.7 Å². The fraction of sp³-hybridized carbons (Fsp3) is 0.615. The lowest BCUT2D eigenvalue weighted by atomic mass is 10.1. The second-order valence-corrected chi connectivity index (χ2v) is 6.38. The molecule has 0 bridgehead atoms. The molecule has 1 fully saturated rings. The molecule has 17 heavy (non-hydrogen) atoms. The van der Waals surface area contributed by atoms with Gasteiger partial charge in [0.15, 0.2) is 0 Å². The fourth-order valence-electron chi connectivity index (χ4n) is 2.07. The number of aromatic nitrogens is 1. The van der Waals surface area contributed by atoms with E-state index in [1.807, 2.05) is 18.2 Å². The summed E-state index contributed by atoms with van der Waals surface area (Å²) in [4.78, 5) is 4.52. The van der Waals surface area contributed by atoms with Gasteiger partial charge in [-0.05, 0) is 44.6 Å². The van der Waals surface area contributed by atoms with Gasteiger partial charge >= 0.3 is 0 Å². The second-order valence-electron chi connectivity index (χ2n) is 4.69. The minimum absolute atomic E-state index is 0.385. The zero-order chi connectivity index (χ0) is 12.1. The van der Waals surface area contributed by atoms with Crippen molar-refractivity contribution in [2.24, 2.45) is 0 Å². The average Bonchev–Trinajstić information content (AvgIpc) is 2.76. The SMILES string of the molecule is CCNc1cccc(NCC2(C)CCCS2)n1. The molecular weight excluding hydrogens is 230 g/mol. The topological polar surface area (TPSA) is 37.0 Å². The molecule has 1 aliphatic heterocycles. The smallest absolute Gasteiger partial charge is 0.128 e. The summed E-state index contributed by atoms with van der Waals surface area (Å²) in [7, 11) is 0. The van der Waals surface area contributed by atoms with Gasteiger partial charge in [-0.2, -0.15) is 11.8 Å². The van der Waals surface area contributed by atoms with Crippen LogP contribution in [0.1, 0.15) is 26.7 Å². The molecule has 1 aromatic rings. The van der Waals surface area contributed by atoms with Gasteiger partial charge < -0.3 is 10.6 Å². The lowest BCUT2D eigenvalue weighted by Crippen LogP contribution is -2.27. The lowest BCUT2D eigenvalue weighted by molar-refractivity contribution is 0.634. The Morgan fingerprint density at radius 3 is 2.76 bits per heavy atom. The van der Waals surface area contributed by atoms with E-state index in [0.29, 0.717) is 4.75 Å². The molecule has 0 spiro atoms. The van der Waals surface area contributed by atoms with E-state index in [9.17, 15) is 0 Å². The largest absolute Gasteiger partial charge is 0.370 e. The van der Waals surface area contributed by atoms with Crippen molar-refractivity contribution in [1.82, 2.24) is 4.98 Å². The highest BCUT2D eigenvalue weighted by Crippen LogP contribution is 2.37. The van der Waals surface area contributed by atoms with Crippen LogP contribution in [-0.4, -0.2) is 28.6 Å². The van der Waals surface area contributed by atoms with Crippen LogP contribution in [0.4, 0.5) is 11.6 Å². The van der Waals surface area contributed by atoms with Crippen molar-refractivity contribution in [1.29, 1.82) is 0 Å². The molecule has 1 atom stereocenters. The second kappa shape index (κ2) is 5.63. The Morgan fingerprint density at radius 1 is 1.35 bits per heavy atom. The summed E-state index contributed by atoms with van der Waals surface area (Å²) >= 11 is 2.07. The Labute approximate surface area is 108 Å². The monoisotopic (exact) mass is 251 g/mol. The molecule has 3 nitrogen and oxygen atoms in total. The summed E-state index contributed by atoms with van der Waals surface area (Å²) in [5.41, 5.74) is 0. The zero-order valence-corrected chi connectivity index (χ0v) is 11.4. The van der Waals surface area contributed by atoms with Crippen LogP contribution in [0.2, 0.25) is 0 Å². The first kappa shape index (κ1) is 12.6. The Kier molecular flexibility index (Phi) is 4.15. The molecule has 0 radical (unpaired) electrons. The van der Waals surface area contributed by atoms with Crippen LogP contribution < -0.4 is 10.6 Å². The van der Waals surface area contributed by atoms with Crippen molar-refractivity contribution in [3.63, 3.8) is 0 Å². The van der Waals surface area contributed by atoms with Crippen molar-refractivity contribution >= 4 is 23.4 Å². The molecular formula is C13H21N3S. The summed E-state index contributed by atoms with van der Waals surface area (Å²) in [5.74, 6) is 3.21. The highest BCUT2D eigenvalue weighted by Gasteiger charge is 2.29. The van der Waals surface area contributed by atoms with Crippen LogP contribution >= 0.6 is 11.8 Å². The fourth-order valence-corrected chi connectivity index (χ4v) is 3.31. The van der Waals surface area contributed by atoms with E-state index in [4.69, 9.17) is 0 Å². The van der Waals surface area contributed by atoms with Gasteiger partial charge in [0, 0.05) is 17.8 Å². The predicted molar refractivity (Wildman–Crippen MR) is 77.0 cm³/mol. The number of rotatable bonds is 5. The van der Waals surface area contributed by atoms with Gasteiger partial charge in [-0.15, -0.1) is 0 Å². The van der Waals surface area contributed by atoms with Crippen LogP contribution in [0.15, 0.2) is 18.2 Å². The number of nitrogens with zero attached hydrogens (tertiary/aromatic N) is 1. The van der Waals surface area contributed by atoms with Gasteiger partial charge in [-0.1, -0.05) is 6.07 Å². The number of anilines is 2. The van der Waals surface area contributed by atoms with Gasteiger partial charge in [0.25, 0.3) is 0 Å². The molecule has 0 aliphatic carbocycles. The van der Waals surface area contributed by atoms with Crippen molar-refractivity contribution in [2.75, 3.05) is 29.5 Å². The van der Waals surface area contributed by atoms with Crippen LogP contribution in [0.25, 0.3) is 0 Å². The Bertz CT molecular complexity index is 361. The molecule has 1 aliphatic rings. The molecule has 2 rings (SSSR count). The quantitative estimate of drug-likeness (QED) is 0.842. The first-order valence-electron chi connectivity index (χ1n) is 6.31. The molecule has 4 heteroatoms. The molecule has 1 saturated heterocycles. The maximum absolute atomic E-state index is 4.52. The third kappa shape index (κ3) is 3.53. The Balaban J connectivity index is 1.91.